The highest BCUT2D eigenvalue weighted by molar-refractivity contribution is 5.93. The van der Waals surface area contributed by atoms with Crippen molar-refractivity contribution in [1.82, 2.24) is 16.0 Å². The number of nitrogens with one attached hydrogen (secondary N) is 3. The quantitative estimate of drug-likeness (QED) is 0.269. The third kappa shape index (κ3) is 14.1. The third-order valence-corrected chi connectivity index (χ3v) is 6.05. The second kappa shape index (κ2) is 16.5. The Kier molecular flexibility index (Phi) is 13.5. The molecule has 0 saturated heterocycles. The summed E-state index contributed by atoms with van der Waals surface area (Å²) in [4.78, 5) is 52.2. The first-order valence-electron chi connectivity index (χ1n) is 14.1. The summed E-state index contributed by atoms with van der Waals surface area (Å²) >= 11 is 0. The molecule has 9 nitrogen and oxygen atoms in total. The molecule has 0 fully saturated rings. The fourth-order valence-electron chi connectivity index (χ4n) is 4.11. The van der Waals surface area contributed by atoms with Crippen molar-refractivity contribution >= 4 is 23.9 Å². The molecule has 0 spiro atoms. The van der Waals surface area contributed by atoms with E-state index in [-0.39, 0.29) is 25.9 Å². The zero-order chi connectivity index (χ0) is 32.0. The summed E-state index contributed by atoms with van der Waals surface area (Å²) in [5.41, 5.74) is 0.573. The number of rotatable bonds is 14. The minimum Gasteiger partial charge on any atom is -0.464 e. The summed E-state index contributed by atoms with van der Waals surface area (Å²) in [6, 6.07) is 13.9. The van der Waals surface area contributed by atoms with Crippen molar-refractivity contribution in [2.24, 2.45) is 0 Å². The number of carbonyl (C=O) groups excluding carboxylic acids is 4. The van der Waals surface area contributed by atoms with E-state index in [9.17, 15) is 32.3 Å². The summed E-state index contributed by atoms with van der Waals surface area (Å²) in [7, 11) is 0. The second-order valence-corrected chi connectivity index (χ2v) is 11.0. The van der Waals surface area contributed by atoms with Gasteiger partial charge in [0.25, 0.3) is 0 Å². The molecule has 0 aliphatic heterocycles. The first-order chi connectivity index (χ1) is 20.2. The molecule has 0 saturated carbocycles. The van der Waals surface area contributed by atoms with E-state index < -0.39 is 66.6 Å². The number of alkyl halides is 3. The molecule has 2 aromatic carbocycles. The van der Waals surface area contributed by atoms with Crippen LogP contribution >= 0.6 is 0 Å². The van der Waals surface area contributed by atoms with Gasteiger partial charge in [-0.3, -0.25) is 9.59 Å². The van der Waals surface area contributed by atoms with E-state index >= 15 is 0 Å². The minimum absolute atomic E-state index is 0.000996. The lowest BCUT2D eigenvalue weighted by molar-refractivity contribution is -0.149. The zero-order valence-corrected chi connectivity index (χ0v) is 24.8. The molecule has 3 atom stereocenters. The fraction of sp³-hybridized carbons (Fsp3) is 0.484. The molecule has 12 heteroatoms. The van der Waals surface area contributed by atoms with Gasteiger partial charge in [-0.25, -0.2) is 9.59 Å². The highest BCUT2D eigenvalue weighted by Crippen LogP contribution is 2.23. The fourth-order valence-corrected chi connectivity index (χ4v) is 4.11. The van der Waals surface area contributed by atoms with Gasteiger partial charge in [0.05, 0.1) is 6.61 Å². The summed E-state index contributed by atoms with van der Waals surface area (Å²) in [5, 5.41) is 7.69. The average Bonchev–Trinajstić information content (AvgIpc) is 2.91. The molecular weight excluding hydrogens is 567 g/mol. The van der Waals surface area contributed by atoms with Gasteiger partial charge in [-0.2, -0.15) is 13.2 Å². The molecule has 2 aromatic rings. The Labute approximate surface area is 249 Å². The monoisotopic (exact) mass is 607 g/mol. The molecule has 0 aliphatic carbocycles. The number of ether oxygens (including phenoxy) is 2. The van der Waals surface area contributed by atoms with Gasteiger partial charge in [0.2, 0.25) is 11.8 Å². The van der Waals surface area contributed by atoms with Crippen LogP contribution in [0.1, 0.15) is 58.1 Å². The molecule has 0 aliphatic rings. The Hall–Kier alpha value is -4.09. The maximum Gasteiger partial charge on any atom is 0.408 e. The average molecular weight is 608 g/mol. The molecule has 1 unspecified atom stereocenters. The van der Waals surface area contributed by atoms with Crippen LogP contribution in [0.2, 0.25) is 0 Å². The molecule has 0 aromatic heterocycles. The van der Waals surface area contributed by atoms with Crippen LogP contribution in [-0.2, 0) is 36.7 Å². The Morgan fingerprint density at radius 1 is 0.744 bits per heavy atom. The lowest BCUT2D eigenvalue weighted by Gasteiger charge is -2.26. The summed E-state index contributed by atoms with van der Waals surface area (Å²) < 4.78 is 48.6. The van der Waals surface area contributed by atoms with Crippen LogP contribution in [0.25, 0.3) is 0 Å². The lowest BCUT2D eigenvalue weighted by atomic mass is 10.0. The van der Waals surface area contributed by atoms with E-state index in [2.05, 4.69) is 16.0 Å². The lowest BCUT2D eigenvalue weighted by Crippen LogP contribution is -2.57. The predicted octanol–water partition coefficient (Wildman–Crippen LogP) is 4.63. The van der Waals surface area contributed by atoms with Gasteiger partial charge in [-0.1, -0.05) is 60.7 Å². The van der Waals surface area contributed by atoms with Crippen LogP contribution in [0.3, 0.4) is 0 Å². The van der Waals surface area contributed by atoms with Crippen LogP contribution in [0, 0.1) is 0 Å². The number of halogens is 3. The van der Waals surface area contributed by atoms with Crippen molar-refractivity contribution in [2.45, 2.75) is 89.7 Å². The standard InChI is InChI=1S/C31H40F3N3O6/c1-5-42-28(40)23(17-12-18-31(32,33)34)35-26(38)24(19-21-13-8-6-9-14-21)36-27(39)25(20-22-15-10-7-11-16-22)37-29(41)43-30(2,3)4/h6-11,13-16,23-25H,5,12,17-20H2,1-4H3,(H,35,38)(H,36,39)(H,37,41)/t23?,24-,25-/m1/s1. The van der Waals surface area contributed by atoms with E-state index in [1.165, 1.54) is 6.92 Å². The van der Waals surface area contributed by atoms with Crippen molar-refractivity contribution in [3.63, 3.8) is 0 Å². The Bertz CT molecular complexity index is 1190. The first-order valence-corrected chi connectivity index (χ1v) is 14.1. The number of hydrogen-bond acceptors (Lipinski definition) is 6. The summed E-state index contributed by atoms with van der Waals surface area (Å²) in [6.45, 7) is 6.52. The number of amides is 3. The predicted molar refractivity (Wildman–Crippen MR) is 154 cm³/mol. The van der Waals surface area contributed by atoms with Gasteiger partial charge in [0.15, 0.2) is 0 Å². The largest absolute Gasteiger partial charge is 0.464 e. The van der Waals surface area contributed by atoms with Crippen LogP contribution in [0.5, 0.6) is 0 Å². The normalized spacial score (nSPS) is 13.7. The first kappa shape index (κ1) is 35.1. The topological polar surface area (TPSA) is 123 Å². The Balaban J connectivity index is 2.30. The van der Waals surface area contributed by atoms with Crippen molar-refractivity contribution < 1.29 is 41.8 Å². The van der Waals surface area contributed by atoms with Gasteiger partial charge in [0, 0.05) is 19.3 Å². The number of esters is 1. The van der Waals surface area contributed by atoms with Gasteiger partial charge in [-0.15, -0.1) is 0 Å². The molecule has 3 amide bonds. The van der Waals surface area contributed by atoms with Crippen LogP contribution in [0.4, 0.5) is 18.0 Å². The molecule has 43 heavy (non-hydrogen) atoms. The number of benzene rings is 2. The van der Waals surface area contributed by atoms with E-state index in [1.807, 2.05) is 0 Å². The Morgan fingerprint density at radius 3 is 1.65 bits per heavy atom. The highest BCUT2D eigenvalue weighted by atomic mass is 19.4. The van der Waals surface area contributed by atoms with E-state index in [1.54, 1.807) is 81.4 Å². The number of alkyl carbamates (subject to hydrolysis) is 1. The van der Waals surface area contributed by atoms with Crippen molar-refractivity contribution in [2.75, 3.05) is 6.61 Å². The maximum atomic E-state index is 13.6. The third-order valence-electron chi connectivity index (χ3n) is 6.05. The van der Waals surface area contributed by atoms with E-state index in [0.29, 0.717) is 5.56 Å². The second-order valence-electron chi connectivity index (χ2n) is 11.0. The van der Waals surface area contributed by atoms with Crippen LogP contribution in [-0.4, -0.2) is 60.4 Å². The molecule has 0 radical (unpaired) electrons. The number of hydrogen-bond donors (Lipinski definition) is 3. The van der Waals surface area contributed by atoms with Crippen molar-refractivity contribution in [1.29, 1.82) is 0 Å². The molecule has 3 N–H and O–H groups in total. The maximum absolute atomic E-state index is 13.6. The smallest absolute Gasteiger partial charge is 0.408 e. The highest BCUT2D eigenvalue weighted by Gasteiger charge is 2.33. The van der Waals surface area contributed by atoms with E-state index in [4.69, 9.17) is 9.47 Å². The number of carbonyl (C=O) groups is 4. The molecule has 236 valence electrons. The Morgan fingerprint density at radius 2 is 1.21 bits per heavy atom. The van der Waals surface area contributed by atoms with Gasteiger partial charge >= 0.3 is 18.2 Å². The minimum atomic E-state index is -4.43. The molecule has 0 bridgehead atoms. The summed E-state index contributed by atoms with van der Waals surface area (Å²) in [5.74, 6) is -2.37. The van der Waals surface area contributed by atoms with Gasteiger partial charge in [0.1, 0.15) is 23.7 Å². The van der Waals surface area contributed by atoms with Crippen LogP contribution in [0.15, 0.2) is 60.7 Å². The SMILES string of the molecule is CCOC(=O)C(CCCC(F)(F)F)NC(=O)[C@@H](Cc1ccccc1)NC(=O)[C@@H](Cc1ccccc1)NC(=O)OC(C)(C)C. The van der Waals surface area contributed by atoms with Gasteiger partial charge in [-0.05, 0) is 51.7 Å². The van der Waals surface area contributed by atoms with Crippen molar-refractivity contribution in [3.05, 3.63) is 71.8 Å². The molecule has 0 heterocycles. The van der Waals surface area contributed by atoms with Crippen LogP contribution < -0.4 is 16.0 Å². The molecular formula is C31H40F3N3O6. The van der Waals surface area contributed by atoms with E-state index in [0.717, 1.165) is 5.56 Å². The van der Waals surface area contributed by atoms with Gasteiger partial charge < -0.3 is 25.4 Å². The zero-order valence-electron chi connectivity index (χ0n) is 24.8. The molecule has 2 rings (SSSR count). The van der Waals surface area contributed by atoms with Crippen molar-refractivity contribution in [3.8, 4) is 0 Å². The summed E-state index contributed by atoms with van der Waals surface area (Å²) in [6.07, 6.45) is -7.05.